The minimum atomic E-state index is -0.334. The normalized spacial score (nSPS) is 11.0. The quantitative estimate of drug-likeness (QED) is 0.513. The Morgan fingerprint density at radius 1 is 1.07 bits per heavy atom. The Balaban J connectivity index is 1.43. The van der Waals surface area contributed by atoms with Crippen molar-refractivity contribution in [2.45, 2.75) is 19.5 Å². The molecule has 30 heavy (non-hydrogen) atoms. The molecule has 4 aromatic rings. The highest BCUT2D eigenvalue weighted by atomic mass is 35.5. The Hall–Kier alpha value is -3.45. The second kappa shape index (κ2) is 8.51. The number of rotatable bonds is 6. The molecule has 2 aromatic heterocycles. The van der Waals surface area contributed by atoms with Crippen molar-refractivity contribution in [3.8, 4) is 11.3 Å². The van der Waals surface area contributed by atoms with Gasteiger partial charge in [0.1, 0.15) is 11.3 Å². The molecule has 0 aliphatic heterocycles. The Kier molecular flexibility index (Phi) is 5.63. The first kappa shape index (κ1) is 19.8. The van der Waals surface area contributed by atoms with Gasteiger partial charge in [0.05, 0.1) is 5.69 Å². The van der Waals surface area contributed by atoms with Crippen molar-refractivity contribution >= 4 is 23.0 Å². The molecule has 0 aliphatic rings. The van der Waals surface area contributed by atoms with Gasteiger partial charge in [0.15, 0.2) is 0 Å². The summed E-state index contributed by atoms with van der Waals surface area (Å²) in [4.78, 5) is 24.9. The van der Waals surface area contributed by atoms with Gasteiger partial charge in [-0.25, -0.2) is 8.91 Å². The van der Waals surface area contributed by atoms with Crippen LogP contribution in [0.2, 0.25) is 5.02 Å². The van der Waals surface area contributed by atoms with E-state index in [0.717, 1.165) is 5.56 Å². The van der Waals surface area contributed by atoms with Gasteiger partial charge >= 0.3 is 0 Å². The van der Waals surface area contributed by atoms with Crippen LogP contribution in [0, 0.1) is 5.82 Å². The van der Waals surface area contributed by atoms with Crippen LogP contribution in [-0.2, 0) is 17.9 Å². The molecule has 152 valence electrons. The lowest BCUT2D eigenvalue weighted by atomic mass is 10.1. The molecule has 2 heterocycles. The maximum absolute atomic E-state index is 13.1. The third-order valence-electron chi connectivity index (χ3n) is 4.73. The topological polar surface area (TPSA) is 68.4 Å². The second-order valence-corrected chi connectivity index (χ2v) is 7.25. The standard InChI is InChI=1S/C22H18ClFN4O2/c23-17-5-1-15(2-6-17)14-25-21(29)9-10-27-11-12-28-20(22(27)30)13-19(26-28)16-3-7-18(24)8-4-16/h1-8,11-13H,9-10,14H2,(H,25,29). The molecule has 1 N–H and O–H groups in total. The van der Waals surface area contributed by atoms with Crippen LogP contribution >= 0.6 is 11.6 Å². The summed E-state index contributed by atoms with van der Waals surface area (Å²) in [5.74, 6) is -0.489. The largest absolute Gasteiger partial charge is 0.352 e. The zero-order valence-corrected chi connectivity index (χ0v) is 16.6. The molecule has 0 fully saturated rings. The predicted molar refractivity (Wildman–Crippen MR) is 113 cm³/mol. The summed E-state index contributed by atoms with van der Waals surface area (Å²) in [5.41, 5.74) is 2.37. The highest BCUT2D eigenvalue weighted by Crippen LogP contribution is 2.18. The Morgan fingerprint density at radius 2 is 1.80 bits per heavy atom. The molecule has 4 rings (SSSR count). The number of nitrogens with zero attached hydrogens (tertiary/aromatic N) is 3. The predicted octanol–water partition coefficient (Wildman–Crippen LogP) is 3.66. The van der Waals surface area contributed by atoms with Crippen LogP contribution in [0.5, 0.6) is 0 Å². The Bertz CT molecular complexity index is 1250. The van der Waals surface area contributed by atoms with Gasteiger partial charge in [-0.1, -0.05) is 23.7 Å². The highest BCUT2D eigenvalue weighted by molar-refractivity contribution is 6.30. The number of aryl methyl sites for hydroxylation is 1. The second-order valence-electron chi connectivity index (χ2n) is 6.82. The number of halogens is 2. The van der Waals surface area contributed by atoms with E-state index in [1.807, 2.05) is 12.1 Å². The molecule has 0 radical (unpaired) electrons. The lowest BCUT2D eigenvalue weighted by Crippen LogP contribution is -2.27. The average molecular weight is 425 g/mol. The van der Waals surface area contributed by atoms with Crippen molar-refractivity contribution in [1.29, 1.82) is 0 Å². The minimum Gasteiger partial charge on any atom is -0.352 e. The summed E-state index contributed by atoms with van der Waals surface area (Å²) in [6.07, 6.45) is 3.43. The maximum atomic E-state index is 13.1. The number of hydrogen-bond acceptors (Lipinski definition) is 3. The summed E-state index contributed by atoms with van der Waals surface area (Å²) in [6, 6.07) is 14.8. The van der Waals surface area contributed by atoms with E-state index < -0.39 is 0 Å². The van der Waals surface area contributed by atoms with Crippen LogP contribution in [0.15, 0.2) is 71.8 Å². The van der Waals surface area contributed by atoms with Crippen LogP contribution in [0.3, 0.4) is 0 Å². The van der Waals surface area contributed by atoms with Crippen molar-refractivity contribution in [2.75, 3.05) is 0 Å². The van der Waals surface area contributed by atoms with Crippen molar-refractivity contribution in [1.82, 2.24) is 19.5 Å². The zero-order valence-electron chi connectivity index (χ0n) is 15.9. The third-order valence-corrected chi connectivity index (χ3v) is 4.98. The molecule has 0 saturated heterocycles. The van der Waals surface area contributed by atoms with Gasteiger partial charge in [-0.3, -0.25) is 9.59 Å². The van der Waals surface area contributed by atoms with E-state index in [1.165, 1.54) is 21.2 Å². The summed E-state index contributed by atoms with van der Waals surface area (Å²) in [5, 5.41) is 7.84. The number of benzene rings is 2. The first-order valence-electron chi connectivity index (χ1n) is 9.35. The number of carbonyl (C=O) groups is 1. The number of nitrogens with one attached hydrogen (secondary N) is 1. The first-order chi connectivity index (χ1) is 14.5. The number of aromatic nitrogens is 3. The molecule has 0 unspecified atom stereocenters. The maximum Gasteiger partial charge on any atom is 0.276 e. The molecule has 0 bridgehead atoms. The van der Waals surface area contributed by atoms with Crippen molar-refractivity contribution in [3.05, 3.63) is 93.7 Å². The average Bonchev–Trinajstić information content (AvgIpc) is 3.18. The SMILES string of the molecule is O=C(CCn1ccn2nc(-c3ccc(F)cc3)cc2c1=O)NCc1ccc(Cl)cc1. The molecule has 2 aromatic carbocycles. The van der Waals surface area contributed by atoms with Crippen LogP contribution in [0.1, 0.15) is 12.0 Å². The van der Waals surface area contributed by atoms with E-state index in [1.54, 1.807) is 42.7 Å². The van der Waals surface area contributed by atoms with Gasteiger partial charge in [0.2, 0.25) is 5.91 Å². The van der Waals surface area contributed by atoms with E-state index in [4.69, 9.17) is 11.6 Å². The van der Waals surface area contributed by atoms with Gasteiger partial charge in [0, 0.05) is 42.5 Å². The fourth-order valence-electron chi connectivity index (χ4n) is 3.08. The number of amides is 1. The Labute approximate surface area is 176 Å². The number of hydrogen-bond donors (Lipinski definition) is 1. The van der Waals surface area contributed by atoms with E-state index in [9.17, 15) is 14.0 Å². The first-order valence-corrected chi connectivity index (χ1v) is 9.73. The third kappa shape index (κ3) is 4.41. The summed E-state index contributed by atoms with van der Waals surface area (Å²) < 4.78 is 16.1. The molecule has 0 saturated carbocycles. The Morgan fingerprint density at radius 3 is 2.53 bits per heavy atom. The monoisotopic (exact) mass is 424 g/mol. The summed E-state index contributed by atoms with van der Waals surface area (Å²) in [6.45, 7) is 0.645. The van der Waals surface area contributed by atoms with Crippen molar-refractivity contribution in [2.24, 2.45) is 0 Å². The van der Waals surface area contributed by atoms with Crippen LogP contribution in [0.4, 0.5) is 4.39 Å². The molecular weight excluding hydrogens is 407 g/mol. The molecule has 0 aliphatic carbocycles. The van der Waals surface area contributed by atoms with E-state index in [2.05, 4.69) is 10.4 Å². The fraction of sp³-hybridized carbons (Fsp3) is 0.136. The van der Waals surface area contributed by atoms with Crippen LogP contribution in [-0.4, -0.2) is 20.1 Å². The smallest absolute Gasteiger partial charge is 0.276 e. The molecule has 8 heteroatoms. The molecule has 6 nitrogen and oxygen atoms in total. The zero-order chi connectivity index (χ0) is 21.1. The fourth-order valence-corrected chi connectivity index (χ4v) is 3.20. The van der Waals surface area contributed by atoms with E-state index >= 15 is 0 Å². The summed E-state index contributed by atoms with van der Waals surface area (Å²) in [7, 11) is 0. The van der Waals surface area contributed by atoms with Crippen LogP contribution < -0.4 is 10.9 Å². The number of carbonyl (C=O) groups excluding carboxylic acids is 1. The lowest BCUT2D eigenvalue weighted by molar-refractivity contribution is -0.121. The molecule has 1 amide bonds. The lowest BCUT2D eigenvalue weighted by Gasteiger charge is -2.07. The van der Waals surface area contributed by atoms with Crippen molar-refractivity contribution in [3.63, 3.8) is 0 Å². The van der Waals surface area contributed by atoms with Gasteiger partial charge in [-0.05, 0) is 48.0 Å². The van der Waals surface area contributed by atoms with Crippen LogP contribution in [0.25, 0.3) is 16.8 Å². The van der Waals surface area contributed by atoms with Gasteiger partial charge in [-0.15, -0.1) is 0 Å². The van der Waals surface area contributed by atoms with Gasteiger partial charge in [-0.2, -0.15) is 5.10 Å². The minimum absolute atomic E-state index is 0.155. The summed E-state index contributed by atoms with van der Waals surface area (Å²) >= 11 is 5.85. The van der Waals surface area contributed by atoms with E-state index in [-0.39, 0.29) is 30.2 Å². The van der Waals surface area contributed by atoms with Crippen molar-refractivity contribution < 1.29 is 9.18 Å². The molecular formula is C22H18ClFN4O2. The van der Waals surface area contributed by atoms with E-state index in [0.29, 0.717) is 28.3 Å². The molecule has 0 atom stereocenters. The van der Waals surface area contributed by atoms with Gasteiger partial charge < -0.3 is 9.88 Å². The highest BCUT2D eigenvalue weighted by Gasteiger charge is 2.10. The molecule has 0 spiro atoms. The number of fused-ring (bicyclic) bond motifs is 1. The van der Waals surface area contributed by atoms with Gasteiger partial charge in [0.25, 0.3) is 5.56 Å².